The fraction of sp³-hybridized carbons (Fsp3) is 0. The number of hydrazone groups is 1. The molecule has 0 saturated carbocycles. The largest absolute Gasteiger partial charge is 0.294 e. The number of anilines is 1. The number of rotatable bonds is 6. The van der Waals surface area contributed by atoms with Crippen molar-refractivity contribution in [2.75, 3.05) is 5.43 Å². The van der Waals surface area contributed by atoms with Gasteiger partial charge in [-0.25, -0.2) is 0 Å². The van der Waals surface area contributed by atoms with E-state index in [2.05, 4.69) is 20.8 Å². The van der Waals surface area contributed by atoms with Crippen molar-refractivity contribution in [1.82, 2.24) is 0 Å². The van der Waals surface area contributed by atoms with Crippen molar-refractivity contribution in [1.29, 1.82) is 0 Å². The SMILES string of the molecule is O=S(=O)(O)c1ccc(Cl)c(N=N/C=N/Nc2cc(S(=O)(=O)O)ccc2Cl)c1. The topological polar surface area (TPSA) is 158 Å². The van der Waals surface area contributed by atoms with E-state index in [4.69, 9.17) is 32.3 Å². The molecule has 0 heterocycles. The number of nitrogens with one attached hydrogen (secondary N) is 1. The summed E-state index contributed by atoms with van der Waals surface area (Å²) in [7, 11) is -8.84. The fourth-order valence-electron chi connectivity index (χ4n) is 1.69. The van der Waals surface area contributed by atoms with Crippen LogP contribution in [0.1, 0.15) is 0 Å². The summed E-state index contributed by atoms with van der Waals surface area (Å²) >= 11 is 11.7. The summed E-state index contributed by atoms with van der Waals surface area (Å²) in [5.41, 5.74) is 2.44. The molecule has 0 amide bonds. The van der Waals surface area contributed by atoms with Crippen molar-refractivity contribution in [3.8, 4) is 0 Å². The zero-order valence-corrected chi connectivity index (χ0v) is 16.1. The second-order valence-corrected chi connectivity index (χ2v) is 8.43. The van der Waals surface area contributed by atoms with Gasteiger partial charge < -0.3 is 0 Å². The van der Waals surface area contributed by atoms with Gasteiger partial charge in [0.15, 0.2) is 6.34 Å². The van der Waals surface area contributed by atoms with Crippen LogP contribution < -0.4 is 5.43 Å². The normalized spacial score (nSPS) is 12.7. The van der Waals surface area contributed by atoms with Gasteiger partial charge in [-0.2, -0.15) is 21.9 Å². The quantitative estimate of drug-likeness (QED) is 0.198. The van der Waals surface area contributed by atoms with Crippen LogP contribution in [0.5, 0.6) is 0 Å². The molecule has 14 heteroatoms. The molecule has 0 bridgehead atoms. The smallest absolute Gasteiger partial charge is 0.282 e. The monoisotopic (exact) mass is 452 g/mol. The van der Waals surface area contributed by atoms with Crippen LogP contribution in [-0.4, -0.2) is 32.3 Å². The van der Waals surface area contributed by atoms with Gasteiger partial charge >= 0.3 is 0 Å². The zero-order chi connectivity index (χ0) is 20.2. The third kappa shape index (κ3) is 5.95. The summed E-state index contributed by atoms with van der Waals surface area (Å²) in [5, 5.41) is 11.0. The van der Waals surface area contributed by atoms with E-state index in [0.29, 0.717) is 0 Å². The second-order valence-electron chi connectivity index (χ2n) is 4.78. The molecule has 0 fully saturated rings. The Balaban J connectivity index is 2.15. The Hall–Kier alpha value is -2.09. The van der Waals surface area contributed by atoms with E-state index in [1.807, 2.05) is 0 Å². The highest BCUT2D eigenvalue weighted by atomic mass is 35.5. The molecule has 0 aliphatic rings. The molecule has 10 nitrogen and oxygen atoms in total. The Morgan fingerprint density at radius 3 is 2.04 bits per heavy atom. The molecule has 27 heavy (non-hydrogen) atoms. The van der Waals surface area contributed by atoms with Gasteiger partial charge in [-0.05, 0) is 36.4 Å². The first-order valence-electron chi connectivity index (χ1n) is 6.71. The first kappa shape index (κ1) is 21.2. The lowest BCUT2D eigenvalue weighted by molar-refractivity contribution is 0.481. The molecule has 0 aliphatic heterocycles. The maximum Gasteiger partial charge on any atom is 0.294 e. The summed E-state index contributed by atoms with van der Waals surface area (Å²) in [6.45, 7) is 0. The van der Waals surface area contributed by atoms with Crippen LogP contribution in [-0.2, 0) is 20.2 Å². The van der Waals surface area contributed by atoms with Gasteiger partial charge in [0.1, 0.15) is 5.69 Å². The molecule has 3 N–H and O–H groups in total. The lowest BCUT2D eigenvalue weighted by Crippen LogP contribution is -1.99. The minimum atomic E-state index is -4.42. The Labute approximate surface area is 164 Å². The third-order valence-electron chi connectivity index (χ3n) is 2.91. The highest BCUT2D eigenvalue weighted by Gasteiger charge is 2.12. The predicted octanol–water partition coefficient (Wildman–Crippen LogP) is 3.63. The van der Waals surface area contributed by atoms with E-state index >= 15 is 0 Å². The molecule has 2 rings (SSSR count). The summed E-state index contributed by atoms with van der Waals surface area (Å²) in [5.74, 6) is 0. The van der Waals surface area contributed by atoms with Crippen molar-refractivity contribution >= 4 is 61.2 Å². The van der Waals surface area contributed by atoms with Gasteiger partial charge in [-0.3, -0.25) is 14.5 Å². The van der Waals surface area contributed by atoms with Crippen molar-refractivity contribution in [2.45, 2.75) is 9.79 Å². The van der Waals surface area contributed by atoms with E-state index in [1.54, 1.807) is 0 Å². The van der Waals surface area contributed by atoms with E-state index in [1.165, 1.54) is 12.1 Å². The van der Waals surface area contributed by atoms with E-state index in [-0.39, 0.29) is 26.3 Å². The number of hydrogen-bond acceptors (Lipinski definition) is 7. The summed E-state index contributed by atoms with van der Waals surface area (Å²) in [4.78, 5) is -0.801. The maximum atomic E-state index is 11.1. The molecule has 2 aromatic rings. The Bertz CT molecular complexity index is 1130. The van der Waals surface area contributed by atoms with Crippen molar-refractivity contribution in [3.05, 3.63) is 46.4 Å². The number of hydrogen-bond donors (Lipinski definition) is 3. The number of nitrogens with zero attached hydrogens (tertiary/aromatic N) is 3. The summed E-state index contributed by atoms with van der Waals surface area (Å²) in [6.07, 6.45) is 0.910. The number of halogens is 2. The lowest BCUT2D eigenvalue weighted by Gasteiger charge is -2.04. The summed E-state index contributed by atoms with van der Waals surface area (Å²) < 4.78 is 62.4. The van der Waals surface area contributed by atoms with Gasteiger partial charge in [0.05, 0.1) is 25.5 Å². The molecular weight excluding hydrogens is 443 g/mol. The standard InChI is InChI=1S/C13H10Cl2N4O6S2/c14-10-3-1-8(26(20,21)22)5-12(10)18-16-7-17-19-13-6-9(27(23,24)25)2-4-11(13)15/h1-7,18H,(H,20,21,22)(H,23,24,25)/b16-7+,19-17?. The van der Waals surface area contributed by atoms with E-state index in [9.17, 15) is 16.8 Å². The third-order valence-corrected chi connectivity index (χ3v) is 5.26. The molecule has 0 aliphatic carbocycles. The average Bonchev–Trinajstić information content (AvgIpc) is 2.55. The van der Waals surface area contributed by atoms with Crippen LogP contribution in [0.15, 0.2) is 61.5 Å². The van der Waals surface area contributed by atoms with Crippen molar-refractivity contribution in [2.24, 2.45) is 15.3 Å². The number of azo groups is 1. The second kappa shape index (κ2) is 8.29. The molecule has 0 atom stereocenters. The Morgan fingerprint density at radius 1 is 0.889 bits per heavy atom. The van der Waals surface area contributed by atoms with Gasteiger partial charge in [-0.15, -0.1) is 10.2 Å². The Morgan fingerprint density at radius 2 is 1.44 bits per heavy atom. The average molecular weight is 453 g/mol. The molecule has 0 unspecified atom stereocenters. The molecule has 0 aromatic heterocycles. The molecule has 2 aromatic carbocycles. The molecule has 0 radical (unpaired) electrons. The van der Waals surface area contributed by atoms with Crippen LogP contribution in [0.4, 0.5) is 11.4 Å². The van der Waals surface area contributed by atoms with Gasteiger partial charge in [0.2, 0.25) is 0 Å². The van der Waals surface area contributed by atoms with Gasteiger partial charge in [0, 0.05) is 0 Å². The zero-order valence-electron chi connectivity index (χ0n) is 13.0. The highest BCUT2D eigenvalue weighted by Crippen LogP contribution is 2.28. The molecule has 0 spiro atoms. The molecule has 144 valence electrons. The molecular formula is C13H10Cl2N4O6S2. The predicted molar refractivity (Wildman–Crippen MR) is 99.2 cm³/mol. The minimum Gasteiger partial charge on any atom is -0.282 e. The van der Waals surface area contributed by atoms with Gasteiger partial charge in [-0.1, -0.05) is 23.2 Å². The van der Waals surface area contributed by atoms with Crippen molar-refractivity contribution in [3.63, 3.8) is 0 Å². The van der Waals surface area contributed by atoms with Crippen LogP contribution in [0, 0.1) is 0 Å². The number of benzene rings is 2. The van der Waals surface area contributed by atoms with Gasteiger partial charge in [0.25, 0.3) is 20.2 Å². The van der Waals surface area contributed by atoms with Crippen molar-refractivity contribution < 1.29 is 25.9 Å². The maximum absolute atomic E-state index is 11.1. The molecule has 0 saturated heterocycles. The van der Waals surface area contributed by atoms with E-state index in [0.717, 1.165) is 30.6 Å². The summed E-state index contributed by atoms with van der Waals surface area (Å²) in [6, 6.07) is 6.72. The fourth-order valence-corrected chi connectivity index (χ4v) is 3.01. The Kier molecular flexibility index (Phi) is 6.51. The van der Waals surface area contributed by atoms with Crippen LogP contribution in [0.3, 0.4) is 0 Å². The van der Waals surface area contributed by atoms with Crippen LogP contribution in [0.2, 0.25) is 10.0 Å². The first-order valence-corrected chi connectivity index (χ1v) is 10.3. The minimum absolute atomic E-state index is 0.0374. The van der Waals surface area contributed by atoms with Crippen LogP contribution in [0.25, 0.3) is 0 Å². The first-order chi connectivity index (χ1) is 12.5. The lowest BCUT2D eigenvalue weighted by atomic mass is 10.3. The van der Waals surface area contributed by atoms with Crippen LogP contribution >= 0.6 is 23.2 Å². The van der Waals surface area contributed by atoms with E-state index < -0.39 is 25.1 Å². The highest BCUT2D eigenvalue weighted by molar-refractivity contribution is 7.86.